The molecule has 5 rings (SSSR count). The molecule has 1 aromatic heterocycles. The number of aromatic nitrogens is 2. The van der Waals surface area contributed by atoms with Crippen LogP contribution in [0.1, 0.15) is 11.1 Å². The molecule has 1 aliphatic rings. The van der Waals surface area contributed by atoms with Crippen LogP contribution in [-0.4, -0.2) is 31.5 Å². The third kappa shape index (κ3) is 5.69. The number of hydrogen-bond donors (Lipinski definition) is 0. The number of para-hydroxylation sites is 1. The maximum atomic E-state index is 12.9. The predicted octanol–water partition coefficient (Wildman–Crippen LogP) is 7.16. The van der Waals surface area contributed by atoms with Crippen LogP contribution >= 0.6 is 35.6 Å². The van der Waals surface area contributed by atoms with Gasteiger partial charge in [0.1, 0.15) is 16.7 Å². The van der Waals surface area contributed by atoms with Crippen LogP contribution in [0, 0.1) is 0 Å². The molecule has 5 nitrogen and oxygen atoms in total. The van der Waals surface area contributed by atoms with Crippen LogP contribution < -0.4 is 4.74 Å². The maximum Gasteiger partial charge on any atom is 0.266 e. The Kier molecular flexibility index (Phi) is 7.55. The topological polar surface area (TPSA) is 47.4 Å². The lowest BCUT2D eigenvalue weighted by Crippen LogP contribution is -2.27. The second-order valence-corrected chi connectivity index (χ2v) is 10.3. The van der Waals surface area contributed by atoms with Gasteiger partial charge in [-0.25, -0.2) is 4.68 Å². The van der Waals surface area contributed by atoms with Crippen LogP contribution in [0.5, 0.6) is 5.75 Å². The summed E-state index contributed by atoms with van der Waals surface area (Å²) >= 11 is 12.7. The van der Waals surface area contributed by atoms with E-state index in [1.807, 2.05) is 95.8 Å². The molecule has 2 heterocycles. The third-order valence-corrected chi connectivity index (χ3v) is 7.31. The van der Waals surface area contributed by atoms with Gasteiger partial charge in [-0.3, -0.25) is 9.69 Å². The highest BCUT2D eigenvalue weighted by Crippen LogP contribution is 2.35. The van der Waals surface area contributed by atoms with Gasteiger partial charge in [0.05, 0.1) is 16.3 Å². The summed E-state index contributed by atoms with van der Waals surface area (Å²) in [5, 5.41) is 5.56. The molecule has 0 saturated carbocycles. The van der Waals surface area contributed by atoms with E-state index in [4.69, 9.17) is 33.7 Å². The van der Waals surface area contributed by atoms with E-state index in [9.17, 15) is 4.79 Å². The van der Waals surface area contributed by atoms with Crippen molar-refractivity contribution in [2.24, 2.45) is 0 Å². The minimum atomic E-state index is -0.126. The Bertz CT molecular complexity index is 1480. The lowest BCUT2D eigenvalue weighted by atomic mass is 10.1. The molecule has 0 N–H and O–H groups in total. The van der Waals surface area contributed by atoms with Gasteiger partial charge in [-0.2, -0.15) is 5.10 Å². The molecule has 37 heavy (non-hydrogen) atoms. The first-order valence-corrected chi connectivity index (χ1v) is 13.1. The standard InChI is InChI=1S/C29H22ClN3O2S2/c1-2-16-32-28(34)26(37-29(32)36)17-22-18-33(24-6-4-3-5-7-24)31-27(22)21-10-14-25(15-11-21)35-19-20-8-12-23(30)13-9-20/h2-15,17-18H,1,16,19H2. The lowest BCUT2D eigenvalue weighted by molar-refractivity contribution is -0.121. The normalized spacial score (nSPS) is 14.4. The number of nitrogens with zero attached hydrogens (tertiary/aromatic N) is 3. The quantitative estimate of drug-likeness (QED) is 0.134. The Balaban J connectivity index is 1.45. The predicted molar refractivity (Wildman–Crippen MR) is 155 cm³/mol. The molecule has 1 saturated heterocycles. The molecule has 0 unspecified atom stereocenters. The van der Waals surface area contributed by atoms with Gasteiger partial charge >= 0.3 is 0 Å². The monoisotopic (exact) mass is 543 g/mol. The van der Waals surface area contributed by atoms with Crippen LogP contribution in [0.3, 0.4) is 0 Å². The summed E-state index contributed by atoms with van der Waals surface area (Å²) in [7, 11) is 0. The van der Waals surface area contributed by atoms with E-state index in [0.717, 1.165) is 33.8 Å². The Hall–Kier alpha value is -3.65. The van der Waals surface area contributed by atoms with Crippen molar-refractivity contribution >= 4 is 51.9 Å². The molecule has 1 amide bonds. The Morgan fingerprint density at radius 3 is 2.46 bits per heavy atom. The molecule has 4 aromatic rings. The van der Waals surface area contributed by atoms with Crippen molar-refractivity contribution in [3.8, 4) is 22.7 Å². The Labute approximate surface area is 230 Å². The first-order valence-electron chi connectivity index (χ1n) is 11.5. The van der Waals surface area contributed by atoms with Gasteiger partial charge in [0.15, 0.2) is 0 Å². The number of carbonyl (C=O) groups is 1. The zero-order valence-corrected chi connectivity index (χ0v) is 22.1. The lowest BCUT2D eigenvalue weighted by Gasteiger charge is -2.10. The molecular formula is C29H22ClN3O2S2. The van der Waals surface area contributed by atoms with Gasteiger partial charge in [-0.05, 0) is 60.2 Å². The minimum Gasteiger partial charge on any atom is -0.489 e. The molecule has 0 radical (unpaired) electrons. The number of rotatable bonds is 8. The van der Waals surface area contributed by atoms with Crippen LogP contribution in [-0.2, 0) is 11.4 Å². The van der Waals surface area contributed by atoms with Crippen molar-refractivity contribution in [2.75, 3.05) is 6.54 Å². The number of thioether (sulfide) groups is 1. The number of halogens is 1. The number of hydrogen-bond acceptors (Lipinski definition) is 5. The summed E-state index contributed by atoms with van der Waals surface area (Å²) < 4.78 is 8.28. The molecule has 0 bridgehead atoms. The van der Waals surface area contributed by atoms with Crippen LogP contribution in [0.15, 0.2) is 103 Å². The van der Waals surface area contributed by atoms with E-state index in [1.165, 1.54) is 11.8 Å². The van der Waals surface area contributed by atoms with Crippen LogP contribution in [0.2, 0.25) is 5.02 Å². The van der Waals surface area contributed by atoms with Gasteiger partial charge < -0.3 is 4.74 Å². The number of ether oxygens (including phenoxy) is 1. The highest BCUT2D eigenvalue weighted by Gasteiger charge is 2.31. The molecule has 8 heteroatoms. The van der Waals surface area contributed by atoms with E-state index in [-0.39, 0.29) is 5.91 Å². The van der Waals surface area contributed by atoms with E-state index < -0.39 is 0 Å². The fourth-order valence-corrected chi connectivity index (χ4v) is 5.21. The maximum absolute atomic E-state index is 12.9. The highest BCUT2D eigenvalue weighted by atomic mass is 35.5. The number of benzene rings is 3. The molecule has 0 aliphatic carbocycles. The fraction of sp³-hybridized carbons (Fsp3) is 0.0690. The summed E-state index contributed by atoms with van der Waals surface area (Å²) in [6.07, 6.45) is 5.45. The van der Waals surface area contributed by atoms with Crippen molar-refractivity contribution < 1.29 is 9.53 Å². The number of thiocarbonyl (C=S) groups is 1. The van der Waals surface area contributed by atoms with Gasteiger partial charge in [-0.15, -0.1) is 6.58 Å². The molecule has 0 atom stereocenters. The SMILES string of the molecule is C=CCN1C(=O)C(=Cc2cn(-c3ccccc3)nc2-c2ccc(OCc3ccc(Cl)cc3)cc2)SC1=S. The van der Waals surface area contributed by atoms with Crippen LogP contribution in [0.25, 0.3) is 23.0 Å². The van der Waals surface area contributed by atoms with Crippen molar-refractivity contribution in [1.82, 2.24) is 14.7 Å². The average Bonchev–Trinajstić information content (AvgIpc) is 3.46. The summed E-state index contributed by atoms with van der Waals surface area (Å²) in [6, 6.07) is 25.2. The van der Waals surface area contributed by atoms with Crippen molar-refractivity contribution in [3.63, 3.8) is 0 Å². The molecule has 3 aromatic carbocycles. The van der Waals surface area contributed by atoms with E-state index in [0.29, 0.717) is 27.4 Å². The second-order valence-electron chi connectivity index (χ2n) is 8.23. The third-order valence-electron chi connectivity index (χ3n) is 5.68. The second kappa shape index (κ2) is 11.2. The van der Waals surface area contributed by atoms with Gasteiger partial charge in [0.25, 0.3) is 5.91 Å². The summed E-state index contributed by atoms with van der Waals surface area (Å²) in [6.45, 7) is 4.55. The van der Waals surface area contributed by atoms with Crippen molar-refractivity contribution in [3.05, 3.63) is 119 Å². The number of carbonyl (C=O) groups excluding carboxylic acids is 1. The number of amides is 1. The van der Waals surface area contributed by atoms with Gasteiger partial charge in [0.2, 0.25) is 0 Å². The summed E-state index contributed by atoms with van der Waals surface area (Å²) in [5.74, 6) is 0.618. The largest absolute Gasteiger partial charge is 0.489 e. The molecule has 1 fully saturated rings. The zero-order chi connectivity index (χ0) is 25.8. The molecule has 184 valence electrons. The average molecular weight is 544 g/mol. The highest BCUT2D eigenvalue weighted by molar-refractivity contribution is 8.26. The molecule has 1 aliphatic heterocycles. The summed E-state index contributed by atoms with van der Waals surface area (Å²) in [4.78, 5) is 15.0. The van der Waals surface area contributed by atoms with E-state index in [1.54, 1.807) is 11.0 Å². The van der Waals surface area contributed by atoms with Gasteiger partial charge in [-0.1, -0.05) is 72.0 Å². The zero-order valence-electron chi connectivity index (χ0n) is 19.7. The minimum absolute atomic E-state index is 0.126. The van der Waals surface area contributed by atoms with Gasteiger partial charge in [0, 0.05) is 28.9 Å². The Morgan fingerprint density at radius 1 is 1.03 bits per heavy atom. The fourth-order valence-electron chi connectivity index (χ4n) is 3.81. The van der Waals surface area contributed by atoms with E-state index >= 15 is 0 Å². The summed E-state index contributed by atoms with van der Waals surface area (Å²) in [5.41, 5.74) is 4.43. The first-order chi connectivity index (χ1) is 18.0. The molecule has 0 spiro atoms. The van der Waals surface area contributed by atoms with Crippen molar-refractivity contribution in [1.29, 1.82) is 0 Å². The smallest absolute Gasteiger partial charge is 0.266 e. The van der Waals surface area contributed by atoms with E-state index in [2.05, 4.69) is 6.58 Å². The first kappa shape index (κ1) is 25.0. The van der Waals surface area contributed by atoms with Crippen LogP contribution in [0.4, 0.5) is 0 Å². The molecular weight excluding hydrogens is 522 g/mol. The van der Waals surface area contributed by atoms with Crippen molar-refractivity contribution in [2.45, 2.75) is 6.61 Å². The Morgan fingerprint density at radius 2 is 1.76 bits per heavy atom.